The highest BCUT2D eigenvalue weighted by atomic mass is 32.2. The van der Waals surface area contributed by atoms with Crippen LogP contribution in [0.1, 0.15) is 49.9 Å². The smallest absolute Gasteiger partial charge is 0.255 e. The fraction of sp³-hybridized carbons (Fsp3) is 0.381. The average molecular weight is 468 g/mol. The van der Waals surface area contributed by atoms with Crippen LogP contribution in [0.25, 0.3) is 0 Å². The Morgan fingerprint density at radius 3 is 1.87 bits per heavy atom. The zero-order chi connectivity index (χ0) is 22.9. The number of sulfonamides is 2. The highest BCUT2D eigenvalue weighted by molar-refractivity contribution is 7.89. The van der Waals surface area contributed by atoms with Crippen LogP contribution in [0, 0.1) is 0 Å². The van der Waals surface area contributed by atoms with Crippen LogP contribution in [0.15, 0.2) is 58.3 Å². The molecule has 0 atom stereocenters. The van der Waals surface area contributed by atoms with E-state index in [2.05, 4.69) is 14.8 Å². The van der Waals surface area contributed by atoms with Crippen LogP contribution < -0.4 is 14.8 Å². The number of anilines is 1. The Morgan fingerprint density at radius 1 is 0.774 bits per heavy atom. The minimum atomic E-state index is -3.70. The molecule has 0 radical (unpaired) electrons. The lowest BCUT2D eigenvalue weighted by molar-refractivity contribution is 0.102. The molecule has 0 aliphatic heterocycles. The first-order chi connectivity index (χ1) is 14.7. The molecule has 0 saturated heterocycles. The summed E-state index contributed by atoms with van der Waals surface area (Å²) in [6.45, 7) is 4.63. The van der Waals surface area contributed by atoms with Gasteiger partial charge in [-0.3, -0.25) is 4.79 Å². The number of hydrogen-bond acceptors (Lipinski definition) is 5. The van der Waals surface area contributed by atoms with Gasteiger partial charge in [-0.05, 0) is 55.3 Å². The molecule has 0 bridgehead atoms. The highest BCUT2D eigenvalue weighted by Gasteiger charge is 2.17. The van der Waals surface area contributed by atoms with Gasteiger partial charge in [0.15, 0.2) is 0 Å². The fourth-order valence-electron chi connectivity index (χ4n) is 2.66. The maximum Gasteiger partial charge on any atom is 0.255 e. The molecule has 0 heterocycles. The van der Waals surface area contributed by atoms with Crippen LogP contribution in [-0.2, 0) is 20.0 Å². The van der Waals surface area contributed by atoms with Crippen molar-refractivity contribution in [3.8, 4) is 0 Å². The van der Waals surface area contributed by atoms with E-state index < -0.39 is 26.0 Å². The standard InChI is InChI=1S/C21H29N3O5S2/c1-3-5-14-22-30(26,27)19-12-10-18(11-13-19)24-21(25)17-8-7-9-20(16-17)31(28,29)23-15-6-4-2/h7-13,16,22-23H,3-6,14-15H2,1-2H3,(H,24,25). The van der Waals surface area contributed by atoms with Crippen molar-refractivity contribution in [2.24, 2.45) is 0 Å². The maximum atomic E-state index is 12.6. The Kier molecular flexibility index (Phi) is 9.17. The minimum Gasteiger partial charge on any atom is -0.322 e. The maximum absolute atomic E-state index is 12.6. The van der Waals surface area contributed by atoms with Gasteiger partial charge in [-0.15, -0.1) is 0 Å². The summed E-state index contributed by atoms with van der Waals surface area (Å²) in [5.74, 6) is -0.498. The van der Waals surface area contributed by atoms with Crippen LogP contribution in [-0.4, -0.2) is 35.8 Å². The van der Waals surface area contributed by atoms with E-state index in [1.54, 1.807) is 0 Å². The predicted octanol–water partition coefficient (Wildman–Crippen LogP) is 3.10. The number of unbranched alkanes of at least 4 members (excludes halogenated alkanes) is 2. The number of hydrogen-bond donors (Lipinski definition) is 3. The van der Waals surface area contributed by atoms with E-state index >= 15 is 0 Å². The molecule has 2 aromatic rings. The van der Waals surface area contributed by atoms with Crippen molar-refractivity contribution in [1.82, 2.24) is 9.44 Å². The first kappa shape index (κ1) is 25.0. The largest absolute Gasteiger partial charge is 0.322 e. The third-order valence-corrected chi connectivity index (χ3v) is 7.41. The lowest BCUT2D eigenvalue weighted by Gasteiger charge is -2.10. The van der Waals surface area contributed by atoms with E-state index in [0.29, 0.717) is 18.8 Å². The predicted molar refractivity (Wildman–Crippen MR) is 121 cm³/mol. The topological polar surface area (TPSA) is 121 Å². The summed E-state index contributed by atoms with van der Waals surface area (Å²) in [5.41, 5.74) is 0.572. The van der Waals surface area contributed by atoms with Crippen molar-refractivity contribution in [2.75, 3.05) is 18.4 Å². The van der Waals surface area contributed by atoms with Crippen LogP contribution in [0.2, 0.25) is 0 Å². The molecule has 8 nitrogen and oxygen atoms in total. The Bertz CT molecular complexity index is 1080. The summed E-state index contributed by atoms with van der Waals surface area (Å²) in [4.78, 5) is 12.7. The molecule has 0 unspecified atom stereocenters. The van der Waals surface area contributed by atoms with Gasteiger partial charge in [0.05, 0.1) is 9.79 Å². The molecule has 0 saturated carbocycles. The molecular formula is C21H29N3O5S2. The second kappa shape index (κ2) is 11.4. The SMILES string of the molecule is CCCCNS(=O)(=O)c1ccc(NC(=O)c2cccc(S(=O)(=O)NCCCC)c2)cc1. The van der Waals surface area contributed by atoms with Gasteiger partial charge in [0.2, 0.25) is 20.0 Å². The van der Waals surface area contributed by atoms with Gasteiger partial charge in [-0.1, -0.05) is 32.8 Å². The number of nitrogens with one attached hydrogen (secondary N) is 3. The van der Waals surface area contributed by atoms with Crippen molar-refractivity contribution in [3.63, 3.8) is 0 Å². The highest BCUT2D eigenvalue weighted by Crippen LogP contribution is 2.17. The molecule has 0 aliphatic carbocycles. The van der Waals surface area contributed by atoms with E-state index in [1.165, 1.54) is 48.5 Å². The van der Waals surface area contributed by atoms with Crippen molar-refractivity contribution in [1.29, 1.82) is 0 Å². The van der Waals surface area contributed by atoms with Crippen LogP contribution in [0.3, 0.4) is 0 Å². The summed E-state index contributed by atoms with van der Waals surface area (Å²) in [7, 11) is -7.29. The molecule has 3 N–H and O–H groups in total. The Morgan fingerprint density at radius 2 is 1.32 bits per heavy atom. The zero-order valence-electron chi connectivity index (χ0n) is 17.7. The normalized spacial score (nSPS) is 11.9. The summed E-state index contributed by atoms with van der Waals surface area (Å²) < 4.78 is 54.2. The van der Waals surface area contributed by atoms with Crippen molar-refractivity contribution in [3.05, 3.63) is 54.1 Å². The monoisotopic (exact) mass is 467 g/mol. The first-order valence-electron chi connectivity index (χ1n) is 10.2. The minimum absolute atomic E-state index is 0.0100. The summed E-state index contributed by atoms with van der Waals surface area (Å²) in [5, 5.41) is 2.65. The van der Waals surface area contributed by atoms with Crippen LogP contribution >= 0.6 is 0 Å². The zero-order valence-corrected chi connectivity index (χ0v) is 19.4. The van der Waals surface area contributed by atoms with Crippen LogP contribution in [0.4, 0.5) is 5.69 Å². The first-order valence-corrected chi connectivity index (χ1v) is 13.2. The van der Waals surface area contributed by atoms with Gasteiger partial charge >= 0.3 is 0 Å². The molecule has 0 aromatic heterocycles. The lowest BCUT2D eigenvalue weighted by atomic mass is 10.2. The van der Waals surface area contributed by atoms with Gasteiger partial charge in [0, 0.05) is 24.3 Å². The quantitative estimate of drug-likeness (QED) is 0.414. The average Bonchev–Trinajstić information content (AvgIpc) is 2.74. The van der Waals surface area contributed by atoms with Gasteiger partial charge in [-0.2, -0.15) is 0 Å². The van der Waals surface area contributed by atoms with Crippen molar-refractivity contribution < 1.29 is 21.6 Å². The van der Waals surface area contributed by atoms with E-state index in [1.807, 2.05) is 13.8 Å². The lowest BCUT2D eigenvalue weighted by Crippen LogP contribution is -2.25. The number of benzene rings is 2. The Labute approximate surface area is 184 Å². The van der Waals surface area contributed by atoms with Crippen LogP contribution in [0.5, 0.6) is 0 Å². The van der Waals surface area contributed by atoms with E-state index in [0.717, 1.165) is 25.7 Å². The molecule has 0 spiro atoms. The number of carbonyl (C=O) groups is 1. The number of rotatable bonds is 12. The molecule has 10 heteroatoms. The molecule has 0 aliphatic rings. The van der Waals surface area contributed by atoms with Gasteiger partial charge in [-0.25, -0.2) is 26.3 Å². The number of amides is 1. The third kappa shape index (κ3) is 7.42. The molecule has 2 aromatic carbocycles. The molecule has 170 valence electrons. The summed E-state index contributed by atoms with van der Waals surface area (Å²) in [6.07, 6.45) is 3.21. The Hall–Kier alpha value is -2.27. The summed E-state index contributed by atoms with van der Waals surface area (Å²) >= 11 is 0. The van der Waals surface area contributed by atoms with E-state index in [4.69, 9.17) is 0 Å². The van der Waals surface area contributed by atoms with Crippen molar-refractivity contribution in [2.45, 2.75) is 49.3 Å². The molecular weight excluding hydrogens is 438 g/mol. The van der Waals surface area contributed by atoms with Crippen molar-refractivity contribution >= 4 is 31.6 Å². The molecule has 1 amide bonds. The van der Waals surface area contributed by atoms with Gasteiger partial charge in [0.25, 0.3) is 5.91 Å². The number of carbonyl (C=O) groups excluding carboxylic acids is 1. The second-order valence-electron chi connectivity index (χ2n) is 7.01. The van der Waals surface area contributed by atoms with Gasteiger partial charge < -0.3 is 5.32 Å². The fourth-order valence-corrected chi connectivity index (χ4v) is 4.85. The van der Waals surface area contributed by atoms with E-state index in [9.17, 15) is 21.6 Å². The van der Waals surface area contributed by atoms with Gasteiger partial charge in [0.1, 0.15) is 0 Å². The summed E-state index contributed by atoms with van der Waals surface area (Å²) in [6, 6.07) is 11.5. The second-order valence-corrected chi connectivity index (χ2v) is 10.5. The third-order valence-electron chi connectivity index (χ3n) is 4.47. The molecule has 2 rings (SSSR count). The molecule has 0 fully saturated rings. The Balaban J connectivity index is 2.08. The van der Waals surface area contributed by atoms with E-state index in [-0.39, 0.29) is 15.4 Å². The molecule has 31 heavy (non-hydrogen) atoms.